The Hall–Kier alpha value is -3.95. The van der Waals surface area contributed by atoms with Gasteiger partial charge in [0.1, 0.15) is 22.9 Å². The van der Waals surface area contributed by atoms with E-state index in [0.29, 0.717) is 35.7 Å². The average Bonchev–Trinajstić information content (AvgIpc) is 3.46. The molecule has 2 aliphatic heterocycles. The van der Waals surface area contributed by atoms with Crippen molar-refractivity contribution in [3.05, 3.63) is 71.5 Å². The molecule has 0 radical (unpaired) electrons. The summed E-state index contributed by atoms with van der Waals surface area (Å²) in [6.45, 7) is 2.25. The Morgan fingerprint density at radius 2 is 1.90 bits per heavy atom. The third-order valence-electron chi connectivity index (χ3n) is 8.16. The Morgan fingerprint density at radius 3 is 2.67 bits per heavy atom. The second kappa shape index (κ2) is 9.91. The highest BCUT2D eigenvalue weighted by Gasteiger charge is 2.39. The van der Waals surface area contributed by atoms with E-state index in [1.807, 2.05) is 42.1 Å². The number of hydrogen-bond donors (Lipinski definition) is 3. The van der Waals surface area contributed by atoms with Gasteiger partial charge in [-0.05, 0) is 47.4 Å². The van der Waals surface area contributed by atoms with Crippen LogP contribution >= 0.6 is 11.6 Å². The number of aryl methyl sites for hydroxylation is 1. The first kappa shape index (κ1) is 25.0. The maximum absolute atomic E-state index is 16.7. The number of hydrogen-bond acceptors (Lipinski definition) is 7. The molecule has 5 aromatic rings. The molecule has 2 unspecified atom stereocenters. The number of benzene rings is 3. The van der Waals surface area contributed by atoms with Crippen molar-refractivity contribution < 1.29 is 9.50 Å². The fourth-order valence-electron chi connectivity index (χ4n) is 6.25. The quantitative estimate of drug-likeness (QED) is 0.262. The second-order valence-corrected chi connectivity index (χ2v) is 11.0. The molecule has 0 spiro atoms. The zero-order valence-corrected chi connectivity index (χ0v) is 22.8. The molecule has 4 heterocycles. The second-order valence-electron chi connectivity index (χ2n) is 10.6. The summed E-state index contributed by atoms with van der Waals surface area (Å²) in [7, 11) is 1.96. The number of phenolic OH excluding ortho intramolecular Hbond substituents is 1. The Labute approximate surface area is 235 Å². The molecule has 2 fully saturated rings. The van der Waals surface area contributed by atoms with Crippen LogP contribution in [0.1, 0.15) is 18.7 Å². The van der Waals surface area contributed by atoms with Crippen LogP contribution in [-0.4, -0.2) is 56.3 Å². The molecule has 10 heteroatoms. The minimum Gasteiger partial charge on any atom is -0.508 e. The Bertz CT molecular complexity index is 1740. The molecule has 2 bridgehead atoms. The highest BCUT2D eigenvalue weighted by atomic mass is 35.5. The number of phenols is 1. The normalized spacial score (nSPS) is 18.6. The van der Waals surface area contributed by atoms with Gasteiger partial charge in [-0.15, -0.1) is 0 Å². The van der Waals surface area contributed by atoms with Crippen LogP contribution in [-0.2, 0) is 13.5 Å². The molecular weight excluding hydrogens is 529 g/mol. The van der Waals surface area contributed by atoms with Crippen molar-refractivity contribution >= 4 is 45.0 Å². The standard InChI is InChI=1S/C30H29ClFN7O/c1-38-11-10-34-25(38)8-9-35-30-36-28-23(29(37-30)39-18-6-7-19(39)16-33-15-18)14-24(31)26(27(28)32)22-13-20(40)12-17-4-2-3-5-21(17)22/h2-5,10-14,18-19,33,40H,6-9,15-16H2,1H3,(H,35,36,37). The van der Waals surface area contributed by atoms with Crippen molar-refractivity contribution in [3.8, 4) is 16.9 Å². The lowest BCUT2D eigenvalue weighted by atomic mass is 9.96. The van der Waals surface area contributed by atoms with E-state index >= 15 is 4.39 Å². The fourth-order valence-corrected chi connectivity index (χ4v) is 6.55. The summed E-state index contributed by atoms with van der Waals surface area (Å²) >= 11 is 6.86. The van der Waals surface area contributed by atoms with Gasteiger partial charge in [-0.25, -0.2) is 14.4 Å². The zero-order valence-electron chi connectivity index (χ0n) is 22.0. The molecule has 204 valence electrons. The lowest BCUT2D eigenvalue weighted by Gasteiger charge is -2.37. The van der Waals surface area contributed by atoms with Gasteiger partial charge in [0.15, 0.2) is 5.82 Å². The Kier molecular flexibility index (Phi) is 6.20. The van der Waals surface area contributed by atoms with Crippen molar-refractivity contribution in [3.63, 3.8) is 0 Å². The van der Waals surface area contributed by atoms with Gasteiger partial charge in [0, 0.05) is 68.5 Å². The Morgan fingerprint density at radius 1 is 1.10 bits per heavy atom. The van der Waals surface area contributed by atoms with E-state index in [1.165, 1.54) is 0 Å². The van der Waals surface area contributed by atoms with Crippen molar-refractivity contribution in [2.24, 2.45) is 7.05 Å². The molecule has 0 amide bonds. The molecule has 0 saturated carbocycles. The van der Waals surface area contributed by atoms with Crippen LogP contribution in [0.25, 0.3) is 32.8 Å². The minimum atomic E-state index is -0.531. The first-order valence-corrected chi connectivity index (χ1v) is 14.0. The van der Waals surface area contributed by atoms with Crippen molar-refractivity contribution in [2.45, 2.75) is 31.3 Å². The smallest absolute Gasteiger partial charge is 0.225 e. The summed E-state index contributed by atoms with van der Waals surface area (Å²) in [5.74, 6) is 1.51. The summed E-state index contributed by atoms with van der Waals surface area (Å²) in [6, 6.07) is 13.1. The summed E-state index contributed by atoms with van der Waals surface area (Å²) in [4.78, 5) is 16.3. The lowest BCUT2D eigenvalue weighted by Crippen LogP contribution is -2.52. The van der Waals surface area contributed by atoms with Crippen LogP contribution in [0, 0.1) is 5.82 Å². The van der Waals surface area contributed by atoms with Gasteiger partial charge in [-0.1, -0.05) is 35.9 Å². The molecule has 3 N–H and O–H groups in total. The lowest BCUT2D eigenvalue weighted by molar-refractivity contribution is 0.476. The number of fused-ring (bicyclic) bond motifs is 4. The topological polar surface area (TPSA) is 91.1 Å². The van der Waals surface area contributed by atoms with Gasteiger partial charge < -0.3 is 25.2 Å². The van der Waals surface area contributed by atoms with E-state index in [2.05, 4.69) is 25.5 Å². The van der Waals surface area contributed by atoms with Gasteiger partial charge in [-0.3, -0.25) is 0 Å². The zero-order chi connectivity index (χ0) is 27.4. The average molecular weight is 558 g/mol. The number of aromatic hydroxyl groups is 1. The summed E-state index contributed by atoms with van der Waals surface area (Å²) in [5, 5.41) is 19.7. The van der Waals surface area contributed by atoms with E-state index < -0.39 is 5.82 Å². The maximum atomic E-state index is 16.7. The number of imidazole rings is 1. The molecule has 0 aliphatic carbocycles. The van der Waals surface area contributed by atoms with Gasteiger partial charge in [0.05, 0.1) is 5.02 Å². The highest BCUT2D eigenvalue weighted by Crippen LogP contribution is 2.43. The van der Waals surface area contributed by atoms with Crippen LogP contribution in [0.15, 0.2) is 54.9 Å². The van der Waals surface area contributed by atoms with Crippen LogP contribution in [0.4, 0.5) is 16.2 Å². The number of nitrogens with zero attached hydrogens (tertiary/aromatic N) is 5. The number of anilines is 2. The van der Waals surface area contributed by atoms with Crippen LogP contribution in [0.3, 0.4) is 0 Å². The number of aromatic nitrogens is 4. The van der Waals surface area contributed by atoms with E-state index in [9.17, 15) is 5.11 Å². The van der Waals surface area contributed by atoms with Crippen LogP contribution < -0.4 is 15.5 Å². The van der Waals surface area contributed by atoms with E-state index in [4.69, 9.17) is 16.6 Å². The Balaban J connectivity index is 1.39. The molecule has 2 atom stereocenters. The van der Waals surface area contributed by atoms with Gasteiger partial charge in [0.25, 0.3) is 0 Å². The first-order chi connectivity index (χ1) is 19.5. The highest BCUT2D eigenvalue weighted by molar-refractivity contribution is 6.35. The predicted molar refractivity (Wildman–Crippen MR) is 157 cm³/mol. The third kappa shape index (κ3) is 4.20. The van der Waals surface area contributed by atoms with Crippen molar-refractivity contribution in [1.82, 2.24) is 24.8 Å². The summed E-state index contributed by atoms with van der Waals surface area (Å²) in [5.41, 5.74) is 0.939. The van der Waals surface area contributed by atoms with Crippen molar-refractivity contribution in [2.75, 3.05) is 29.9 Å². The summed E-state index contributed by atoms with van der Waals surface area (Å²) < 4.78 is 18.7. The first-order valence-electron chi connectivity index (χ1n) is 13.6. The van der Waals surface area contributed by atoms with E-state index in [0.717, 1.165) is 42.5 Å². The molecule has 3 aromatic carbocycles. The monoisotopic (exact) mass is 557 g/mol. The third-order valence-corrected chi connectivity index (χ3v) is 8.45. The SMILES string of the molecule is Cn1ccnc1CCNc1nc(N2C3CCC2CNC3)c2cc(Cl)c(-c3cc(O)cc4ccccc34)c(F)c2n1. The van der Waals surface area contributed by atoms with Gasteiger partial charge in [-0.2, -0.15) is 4.98 Å². The number of piperazine rings is 1. The van der Waals surface area contributed by atoms with Crippen LogP contribution in [0.2, 0.25) is 5.02 Å². The van der Waals surface area contributed by atoms with E-state index in [1.54, 1.807) is 24.4 Å². The maximum Gasteiger partial charge on any atom is 0.225 e. The molecular formula is C30H29ClFN7O. The van der Waals surface area contributed by atoms with Gasteiger partial charge >= 0.3 is 0 Å². The minimum absolute atomic E-state index is 0.0432. The molecule has 2 aliphatic rings. The molecule has 7 rings (SSSR count). The van der Waals surface area contributed by atoms with Gasteiger partial charge in [0.2, 0.25) is 5.95 Å². The van der Waals surface area contributed by atoms with Crippen molar-refractivity contribution in [1.29, 1.82) is 0 Å². The fraction of sp³-hybridized carbons (Fsp3) is 0.300. The summed E-state index contributed by atoms with van der Waals surface area (Å²) in [6.07, 6.45) is 6.45. The molecule has 8 nitrogen and oxygen atoms in total. The van der Waals surface area contributed by atoms with Crippen LogP contribution in [0.5, 0.6) is 5.75 Å². The van der Waals surface area contributed by atoms with E-state index in [-0.39, 0.29) is 33.9 Å². The number of halogens is 2. The molecule has 2 aromatic heterocycles. The predicted octanol–water partition coefficient (Wildman–Crippen LogP) is 5.28. The molecule has 2 saturated heterocycles. The number of nitrogens with one attached hydrogen (secondary N) is 2. The largest absolute Gasteiger partial charge is 0.508 e. The molecule has 40 heavy (non-hydrogen) atoms. The number of rotatable bonds is 6.